The van der Waals surface area contributed by atoms with Crippen LogP contribution in [-0.2, 0) is 4.79 Å². The van der Waals surface area contributed by atoms with Gasteiger partial charge in [0.15, 0.2) is 6.10 Å². The summed E-state index contributed by atoms with van der Waals surface area (Å²) in [7, 11) is 6.45. The largest absolute Gasteiger partial charge is 0.497 e. The predicted molar refractivity (Wildman–Crippen MR) is 118 cm³/mol. The van der Waals surface area contributed by atoms with Crippen molar-refractivity contribution in [2.75, 3.05) is 41.5 Å². The fraction of sp³-hybridized carbons (Fsp3) is 0.375. The van der Waals surface area contributed by atoms with Crippen molar-refractivity contribution < 1.29 is 28.5 Å². The Morgan fingerprint density at radius 2 is 1.45 bits per heavy atom. The molecule has 0 aromatic heterocycles. The van der Waals surface area contributed by atoms with Crippen LogP contribution in [0.1, 0.15) is 18.9 Å². The minimum Gasteiger partial charge on any atom is -0.497 e. The van der Waals surface area contributed by atoms with Crippen LogP contribution in [0.2, 0.25) is 0 Å². The number of carbonyl (C=O) groups excluding carboxylic acids is 1. The Labute approximate surface area is 183 Å². The lowest BCUT2D eigenvalue weighted by Gasteiger charge is -2.30. The molecular weight excluding hydrogens is 398 g/mol. The van der Waals surface area contributed by atoms with E-state index in [0.29, 0.717) is 42.5 Å². The maximum atomic E-state index is 12.9. The van der Waals surface area contributed by atoms with Crippen molar-refractivity contribution in [2.24, 2.45) is 0 Å². The average molecular weight is 427 g/mol. The number of methoxy groups -OCH3 is 4. The van der Waals surface area contributed by atoms with E-state index in [1.165, 1.54) is 0 Å². The van der Waals surface area contributed by atoms with Gasteiger partial charge in [-0.1, -0.05) is 6.08 Å². The molecule has 0 saturated carbocycles. The molecule has 0 N–H and O–H groups in total. The van der Waals surface area contributed by atoms with Gasteiger partial charge in [-0.3, -0.25) is 4.79 Å². The summed E-state index contributed by atoms with van der Waals surface area (Å²) in [6.45, 7) is 2.84. The molecule has 3 rings (SSSR count). The van der Waals surface area contributed by atoms with Gasteiger partial charge >= 0.3 is 0 Å². The van der Waals surface area contributed by atoms with Crippen LogP contribution in [0.15, 0.2) is 42.5 Å². The van der Waals surface area contributed by atoms with Gasteiger partial charge in [0.2, 0.25) is 0 Å². The number of hydrogen-bond donors (Lipinski definition) is 0. The molecule has 0 fully saturated rings. The van der Waals surface area contributed by atoms with E-state index in [-0.39, 0.29) is 5.91 Å². The number of carbonyl (C=O) groups is 1. The second kappa shape index (κ2) is 10.1. The van der Waals surface area contributed by atoms with Crippen LogP contribution in [0.5, 0.6) is 28.7 Å². The summed E-state index contributed by atoms with van der Waals surface area (Å²) in [5, 5.41) is 0. The third kappa shape index (κ3) is 5.05. The summed E-state index contributed by atoms with van der Waals surface area (Å²) < 4.78 is 27.4. The monoisotopic (exact) mass is 427 g/mol. The lowest BCUT2D eigenvalue weighted by Crippen LogP contribution is -2.42. The van der Waals surface area contributed by atoms with Crippen molar-refractivity contribution in [3.63, 3.8) is 0 Å². The molecule has 1 unspecified atom stereocenters. The fourth-order valence-corrected chi connectivity index (χ4v) is 3.58. The zero-order valence-electron chi connectivity index (χ0n) is 18.6. The summed E-state index contributed by atoms with van der Waals surface area (Å²) in [4.78, 5) is 14.7. The number of nitrogens with zero attached hydrogens (tertiary/aromatic N) is 1. The van der Waals surface area contributed by atoms with Gasteiger partial charge in [-0.2, -0.15) is 0 Å². The van der Waals surface area contributed by atoms with Crippen LogP contribution in [0.4, 0.5) is 0 Å². The van der Waals surface area contributed by atoms with E-state index in [0.717, 1.165) is 16.9 Å². The molecule has 2 aromatic rings. The molecule has 0 radical (unpaired) electrons. The quantitative estimate of drug-likeness (QED) is 0.638. The van der Waals surface area contributed by atoms with Crippen molar-refractivity contribution >= 4 is 11.5 Å². The minimum absolute atomic E-state index is 0.0558. The molecule has 1 heterocycles. The molecule has 0 bridgehead atoms. The highest BCUT2D eigenvalue weighted by Gasteiger charge is 2.26. The smallest absolute Gasteiger partial charge is 0.263 e. The molecule has 7 heteroatoms. The van der Waals surface area contributed by atoms with Crippen molar-refractivity contribution in [1.29, 1.82) is 0 Å². The normalized spacial score (nSPS) is 14.4. The van der Waals surface area contributed by atoms with Crippen LogP contribution in [0.25, 0.3) is 5.57 Å². The first-order valence-electron chi connectivity index (χ1n) is 10.1. The topological polar surface area (TPSA) is 66.5 Å². The zero-order valence-corrected chi connectivity index (χ0v) is 18.6. The molecule has 1 atom stereocenters. The van der Waals surface area contributed by atoms with E-state index in [4.69, 9.17) is 23.7 Å². The van der Waals surface area contributed by atoms with Gasteiger partial charge in [-0.15, -0.1) is 0 Å². The highest BCUT2D eigenvalue weighted by Crippen LogP contribution is 2.40. The van der Waals surface area contributed by atoms with Gasteiger partial charge in [-0.05, 0) is 43.2 Å². The summed E-state index contributed by atoms with van der Waals surface area (Å²) in [5.74, 6) is 3.33. The summed E-state index contributed by atoms with van der Waals surface area (Å²) >= 11 is 0. The SMILES string of the molecule is COc1ccc(OC(C)C(=O)N2CC=C(c3c(OC)cc(OC)cc3OC)CC2)cc1. The first-order chi connectivity index (χ1) is 15.0. The molecular formula is C24H29NO6. The maximum absolute atomic E-state index is 12.9. The molecule has 7 nitrogen and oxygen atoms in total. The number of hydrogen-bond acceptors (Lipinski definition) is 6. The van der Waals surface area contributed by atoms with Gasteiger partial charge in [0.25, 0.3) is 5.91 Å². The van der Waals surface area contributed by atoms with Crippen molar-refractivity contribution in [3.05, 3.63) is 48.0 Å². The number of benzene rings is 2. The van der Waals surface area contributed by atoms with E-state index in [1.807, 2.05) is 18.2 Å². The number of ether oxygens (including phenoxy) is 5. The van der Waals surface area contributed by atoms with E-state index in [9.17, 15) is 4.79 Å². The molecule has 0 spiro atoms. The molecule has 166 valence electrons. The van der Waals surface area contributed by atoms with Crippen LogP contribution in [-0.4, -0.2) is 58.4 Å². The first kappa shape index (κ1) is 22.3. The molecule has 1 aliphatic rings. The van der Waals surface area contributed by atoms with Crippen molar-refractivity contribution in [2.45, 2.75) is 19.4 Å². The number of rotatable bonds is 8. The molecule has 0 saturated heterocycles. The maximum Gasteiger partial charge on any atom is 0.263 e. The first-order valence-corrected chi connectivity index (χ1v) is 10.1. The third-order valence-corrected chi connectivity index (χ3v) is 5.28. The van der Waals surface area contributed by atoms with Gasteiger partial charge in [0, 0.05) is 25.2 Å². The van der Waals surface area contributed by atoms with Gasteiger partial charge in [0.05, 0.1) is 34.0 Å². The Morgan fingerprint density at radius 1 is 0.871 bits per heavy atom. The molecule has 2 aromatic carbocycles. The van der Waals surface area contributed by atoms with E-state index < -0.39 is 6.10 Å². The molecule has 31 heavy (non-hydrogen) atoms. The third-order valence-electron chi connectivity index (χ3n) is 5.28. The lowest BCUT2D eigenvalue weighted by atomic mass is 9.97. The van der Waals surface area contributed by atoms with Crippen LogP contribution >= 0.6 is 0 Å². The van der Waals surface area contributed by atoms with Crippen LogP contribution in [0.3, 0.4) is 0 Å². The highest BCUT2D eigenvalue weighted by molar-refractivity contribution is 5.83. The van der Waals surface area contributed by atoms with E-state index in [2.05, 4.69) is 0 Å². The molecule has 0 aliphatic carbocycles. The van der Waals surface area contributed by atoms with Crippen molar-refractivity contribution in [1.82, 2.24) is 4.90 Å². The van der Waals surface area contributed by atoms with Crippen LogP contribution in [0, 0.1) is 0 Å². The summed E-state index contributed by atoms with van der Waals surface area (Å²) in [6, 6.07) is 10.9. The molecule has 1 aliphatic heterocycles. The standard InChI is InChI=1S/C24H29NO6/c1-16(31-19-8-6-18(27-2)7-9-19)24(26)25-12-10-17(11-13-25)23-21(29-4)14-20(28-3)15-22(23)30-5/h6-10,14-16H,11-13H2,1-5H3. The van der Waals surface area contributed by atoms with Crippen LogP contribution < -0.4 is 23.7 Å². The predicted octanol–water partition coefficient (Wildman–Crippen LogP) is 3.80. The number of amides is 1. The van der Waals surface area contributed by atoms with Gasteiger partial charge in [-0.25, -0.2) is 0 Å². The summed E-state index contributed by atoms with van der Waals surface area (Å²) in [5.41, 5.74) is 1.96. The average Bonchev–Trinajstić information content (AvgIpc) is 2.83. The Kier molecular flexibility index (Phi) is 7.28. The van der Waals surface area contributed by atoms with E-state index >= 15 is 0 Å². The Hall–Kier alpha value is -3.35. The van der Waals surface area contributed by atoms with Crippen molar-refractivity contribution in [3.8, 4) is 28.7 Å². The second-order valence-electron chi connectivity index (χ2n) is 7.11. The zero-order chi connectivity index (χ0) is 22.4. The second-order valence-corrected chi connectivity index (χ2v) is 7.11. The minimum atomic E-state index is -0.589. The van der Waals surface area contributed by atoms with E-state index in [1.54, 1.807) is 64.5 Å². The summed E-state index contributed by atoms with van der Waals surface area (Å²) in [6.07, 6.45) is 2.13. The Balaban J connectivity index is 1.71. The Morgan fingerprint density at radius 3 is 1.94 bits per heavy atom. The lowest BCUT2D eigenvalue weighted by molar-refractivity contribution is -0.137. The van der Waals surface area contributed by atoms with Gasteiger partial charge < -0.3 is 28.6 Å². The molecule has 1 amide bonds. The Bertz CT molecular complexity index is 913. The highest BCUT2D eigenvalue weighted by atomic mass is 16.5. The fourth-order valence-electron chi connectivity index (χ4n) is 3.58. The van der Waals surface area contributed by atoms with Gasteiger partial charge in [0.1, 0.15) is 28.7 Å².